The van der Waals surface area contributed by atoms with Gasteiger partial charge in [-0.05, 0) is 31.5 Å². The minimum Gasteiger partial charge on any atom is -0.494 e. The maximum atomic E-state index is 12.0. The Hall–Kier alpha value is -1.60. The van der Waals surface area contributed by atoms with E-state index in [9.17, 15) is 13.2 Å². The van der Waals surface area contributed by atoms with Crippen molar-refractivity contribution >= 4 is 15.8 Å². The lowest BCUT2D eigenvalue weighted by Crippen LogP contribution is -2.19. The van der Waals surface area contributed by atoms with Crippen molar-refractivity contribution in [3.63, 3.8) is 0 Å². The van der Waals surface area contributed by atoms with Crippen LogP contribution in [-0.2, 0) is 25.1 Å². The van der Waals surface area contributed by atoms with E-state index in [0.29, 0.717) is 17.9 Å². The molecule has 1 atom stereocenters. The largest absolute Gasteiger partial charge is 0.494 e. The molecule has 2 N–H and O–H groups in total. The average Bonchev–Trinajstić information content (AvgIpc) is 2.39. The second kappa shape index (κ2) is 7.42. The van der Waals surface area contributed by atoms with Crippen LogP contribution in [0, 0.1) is 0 Å². The normalized spacial score (nSPS) is 12.8. The third-order valence-electron chi connectivity index (χ3n) is 2.85. The van der Waals surface area contributed by atoms with Crippen LogP contribution in [0.5, 0.6) is 5.75 Å². The second-order valence-corrected chi connectivity index (χ2v) is 6.76. The van der Waals surface area contributed by atoms with Gasteiger partial charge in [-0.2, -0.15) is 0 Å². The summed E-state index contributed by atoms with van der Waals surface area (Å²) < 4.78 is 33.9. The molecule has 0 aliphatic rings. The molecule has 1 aromatic carbocycles. The predicted octanol–water partition coefficient (Wildman–Crippen LogP) is 1.19. The molecule has 0 amide bonds. The van der Waals surface area contributed by atoms with Gasteiger partial charge in [-0.3, -0.25) is 4.79 Å². The molecule has 0 aromatic heterocycles. The number of methoxy groups -OCH3 is 1. The fraction of sp³-hybridized carbons (Fsp3) is 0.500. The Morgan fingerprint density at radius 1 is 1.38 bits per heavy atom. The molecule has 21 heavy (non-hydrogen) atoms. The van der Waals surface area contributed by atoms with Crippen LogP contribution in [-0.4, -0.2) is 33.9 Å². The molecule has 1 aromatic rings. The zero-order valence-electron chi connectivity index (χ0n) is 12.5. The van der Waals surface area contributed by atoms with E-state index in [1.807, 2.05) is 13.8 Å². The van der Waals surface area contributed by atoms with Crippen molar-refractivity contribution in [2.24, 2.45) is 5.73 Å². The molecule has 1 unspecified atom stereocenters. The van der Waals surface area contributed by atoms with Crippen LogP contribution < -0.4 is 10.5 Å². The number of rotatable bonds is 7. The van der Waals surface area contributed by atoms with Crippen LogP contribution in [0.3, 0.4) is 0 Å². The minimum atomic E-state index is -3.62. The third-order valence-corrected chi connectivity index (χ3v) is 4.28. The molecular formula is C14H21NO5S. The minimum absolute atomic E-state index is 0.220. The fourth-order valence-corrected chi connectivity index (χ4v) is 3.10. The van der Waals surface area contributed by atoms with Gasteiger partial charge in [0.2, 0.25) is 0 Å². The van der Waals surface area contributed by atoms with E-state index in [-0.39, 0.29) is 11.8 Å². The van der Waals surface area contributed by atoms with Gasteiger partial charge in [0.15, 0.2) is 9.84 Å². The first-order valence-corrected chi connectivity index (χ1v) is 8.39. The van der Waals surface area contributed by atoms with Gasteiger partial charge in [-0.15, -0.1) is 0 Å². The summed E-state index contributed by atoms with van der Waals surface area (Å²) in [6.45, 7) is 4.04. The molecule has 0 aliphatic carbocycles. The molecule has 0 aliphatic heterocycles. The van der Waals surface area contributed by atoms with Crippen molar-refractivity contribution in [1.29, 1.82) is 0 Å². The summed E-state index contributed by atoms with van der Waals surface area (Å²) in [5.41, 5.74) is 7.11. The molecule has 0 heterocycles. The van der Waals surface area contributed by atoms with Crippen LogP contribution >= 0.6 is 0 Å². The molecule has 1 rings (SSSR count). The number of sulfone groups is 1. The van der Waals surface area contributed by atoms with Crippen LogP contribution in [0.25, 0.3) is 0 Å². The van der Waals surface area contributed by atoms with E-state index in [1.54, 1.807) is 18.2 Å². The van der Waals surface area contributed by atoms with Crippen molar-refractivity contribution in [1.82, 2.24) is 0 Å². The first kappa shape index (κ1) is 17.5. The summed E-state index contributed by atoms with van der Waals surface area (Å²) in [7, 11) is -2.47. The Labute approximate surface area is 125 Å². The zero-order chi connectivity index (χ0) is 16.0. The lowest BCUT2D eigenvalue weighted by atomic mass is 10.1. The highest BCUT2D eigenvalue weighted by atomic mass is 32.2. The maximum Gasteiger partial charge on any atom is 0.320 e. The van der Waals surface area contributed by atoms with E-state index >= 15 is 0 Å². The van der Waals surface area contributed by atoms with E-state index in [4.69, 9.17) is 10.5 Å². The van der Waals surface area contributed by atoms with Crippen molar-refractivity contribution < 1.29 is 22.7 Å². The van der Waals surface area contributed by atoms with Gasteiger partial charge in [0.1, 0.15) is 11.5 Å². The van der Waals surface area contributed by atoms with Gasteiger partial charge in [-0.25, -0.2) is 8.42 Å². The van der Waals surface area contributed by atoms with E-state index in [1.165, 1.54) is 0 Å². The molecule has 0 fully saturated rings. The number of carbonyl (C=O) groups is 1. The van der Waals surface area contributed by atoms with E-state index in [0.717, 1.165) is 12.7 Å². The number of nitrogens with two attached hydrogens (primary N) is 1. The average molecular weight is 315 g/mol. The highest BCUT2D eigenvalue weighted by Crippen LogP contribution is 2.25. The molecule has 118 valence electrons. The van der Waals surface area contributed by atoms with Gasteiger partial charge >= 0.3 is 5.97 Å². The lowest BCUT2D eigenvalue weighted by molar-refractivity contribution is -0.137. The summed E-state index contributed by atoms with van der Waals surface area (Å²) >= 11 is 0. The summed E-state index contributed by atoms with van der Waals surface area (Å²) in [6, 6.07) is 4.98. The van der Waals surface area contributed by atoms with Gasteiger partial charge in [0.25, 0.3) is 0 Å². The number of hydrogen-bond acceptors (Lipinski definition) is 6. The number of esters is 1. The molecule has 0 radical (unpaired) electrons. The van der Waals surface area contributed by atoms with Crippen LogP contribution in [0.2, 0.25) is 0 Å². The Kier molecular flexibility index (Phi) is 6.17. The quantitative estimate of drug-likeness (QED) is 0.759. The first-order chi connectivity index (χ1) is 9.79. The van der Waals surface area contributed by atoms with Crippen LogP contribution in [0.15, 0.2) is 18.2 Å². The SMILES string of the molecule is CCOc1ccc(C(C)N)cc1CS(=O)(=O)CC(=O)OC. The third kappa shape index (κ3) is 5.35. The van der Waals surface area contributed by atoms with Crippen LogP contribution in [0.1, 0.15) is 31.0 Å². The van der Waals surface area contributed by atoms with E-state index < -0.39 is 21.6 Å². The highest BCUT2D eigenvalue weighted by molar-refractivity contribution is 7.91. The number of hydrogen-bond donors (Lipinski definition) is 1. The Balaban J connectivity index is 3.08. The summed E-state index contributed by atoms with van der Waals surface area (Å²) in [5, 5.41) is 0. The first-order valence-electron chi connectivity index (χ1n) is 6.57. The fourth-order valence-electron chi connectivity index (χ4n) is 1.82. The maximum absolute atomic E-state index is 12.0. The molecule has 7 heteroatoms. The van der Waals surface area contributed by atoms with Gasteiger partial charge < -0.3 is 15.2 Å². The summed E-state index contributed by atoms with van der Waals surface area (Å²) in [4.78, 5) is 11.2. The van der Waals surface area contributed by atoms with Crippen molar-refractivity contribution in [3.05, 3.63) is 29.3 Å². The number of ether oxygens (including phenoxy) is 2. The monoisotopic (exact) mass is 315 g/mol. The van der Waals surface area contributed by atoms with Crippen molar-refractivity contribution in [3.8, 4) is 5.75 Å². The van der Waals surface area contributed by atoms with Crippen LogP contribution in [0.4, 0.5) is 0 Å². The predicted molar refractivity (Wildman–Crippen MR) is 79.7 cm³/mol. The molecule has 6 nitrogen and oxygen atoms in total. The summed E-state index contributed by atoms with van der Waals surface area (Å²) in [6.07, 6.45) is 0. The Morgan fingerprint density at radius 3 is 2.57 bits per heavy atom. The molecular weight excluding hydrogens is 294 g/mol. The second-order valence-electron chi connectivity index (χ2n) is 4.70. The smallest absolute Gasteiger partial charge is 0.320 e. The standard InChI is InChI=1S/C14H21NO5S/c1-4-20-13-6-5-11(10(2)15)7-12(13)8-21(17,18)9-14(16)19-3/h5-7,10H,4,8-9,15H2,1-3H3. The van der Waals surface area contributed by atoms with E-state index in [2.05, 4.69) is 4.74 Å². The Morgan fingerprint density at radius 2 is 2.05 bits per heavy atom. The molecule has 0 bridgehead atoms. The summed E-state index contributed by atoms with van der Waals surface area (Å²) in [5.74, 6) is -1.25. The molecule has 0 spiro atoms. The zero-order valence-corrected chi connectivity index (χ0v) is 13.3. The highest BCUT2D eigenvalue weighted by Gasteiger charge is 2.20. The van der Waals surface area contributed by atoms with Crippen molar-refractivity contribution in [2.45, 2.75) is 25.6 Å². The lowest BCUT2D eigenvalue weighted by Gasteiger charge is -2.14. The number of carbonyl (C=O) groups excluding carboxylic acids is 1. The number of benzene rings is 1. The van der Waals surface area contributed by atoms with Gasteiger partial charge in [-0.1, -0.05) is 6.07 Å². The molecule has 0 saturated heterocycles. The Bertz CT molecular complexity index is 595. The molecule has 0 saturated carbocycles. The topological polar surface area (TPSA) is 95.7 Å². The van der Waals surface area contributed by atoms with Crippen molar-refractivity contribution in [2.75, 3.05) is 19.5 Å². The van der Waals surface area contributed by atoms with Gasteiger partial charge in [0.05, 0.1) is 19.5 Å². The van der Waals surface area contributed by atoms with Gasteiger partial charge in [0, 0.05) is 11.6 Å².